The molecule has 0 aromatic heterocycles. The molecule has 2 rings (SSSR count). The standard InChI is InChI=1S/C20H32N2O2/c1-3-19(24-18-11-8-10-17(2)16-18)20(23)21-12-9-15-22-13-6-4-5-7-14-22/h8,10-11,16,19H,3-7,9,12-15H2,1-2H3,(H,21,23). The van der Waals surface area contributed by atoms with Crippen LogP contribution in [0.15, 0.2) is 24.3 Å². The van der Waals surface area contributed by atoms with Gasteiger partial charge in [-0.2, -0.15) is 0 Å². The number of ether oxygens (including phenoxy) is 1. The zero-order chi connectivity index (χ0) is 17.2. The van der Waals surface area contributed by atoms with E-state index in [2.05, 4.69) is 10.2 Å². The van der Waals surface area contributed by atoms with Gasteiger partial charge < -0.3 is 15.0 Å². The molecule has 1 saturated heterocycles. The molecule has 0 spiro atoms. The van der Waals surface area contributed by atoms with Crippen molar-refractivity contribution in [1.29, 1.82) is 0 Å². The summed E-state index contributed by atoms with van der Waals surface area (Å²) in [6.07, 6.45) is 6.62. The van der Waals surface area contributed by atoms with Crippen LogP contribution in [0.1, 0.15) is 51.0 Å². The first-order valence-electron chi connectivity index (χ1n) is 9.42. The number of nitrogens with one attached hydrogen (secondary N) is 1. The van der Waals surface area contributed by atoms with E-state index in [1.165, 1.54) is 38.8 Å². The number of likely N-dealkylation sites (tertiary alicyclic amines) is 1. The molecule has 1 aliphatic rings. The van der Waals surface area contributed by atoms with E-state index in [0.29, 0.717) is 6.42 Å². The Labute approximate surface area is 146 Å². The highest BCUT2D eigenvalue weighted by Crippen LogP contribution is 2.15. The van der Waals surface area contributed by atoms with Crippen molar-refractivity contribution < 1.29 is 9.53 Å². The van der Waals surface area contributed by atoms with Gasteiger partial charge in [0.15, 0.2) is 6.10 Å². The summed E-state index contributed by atoms with van der Waals surface area (Å²) >= 11 is 0. The smallest absolute Gasteiger partial charge is 0.261 e. The van der Waals surface area contributed by atoms with Gasteiger partial charge in [-0.3, -0.25) is 4.79 Å². The van der Waals surface area contributed by atoms with Gasteiger partial charge in [-0.15, -0.1) is 0 Å². The van der Waals surface area contributed by atoms with Gasteiger partial charge in [-0.1, -0.05) is 31.9 Å². The van der Waals surface area contributed by atoms with Gasteiger partial charge in [0.05, 0.1) is 0 Å². The van der Waals surface area contributed by atoms with Crippen LogP contribution < -0.4 is 10.1 Å². The van der Waals surface area contributed by atoms with Crippen LogP contribution in [0, 0.1) is 6.92 Å². The Balaban J connectivity index is 1.69. The van der Waals surface area contributed by atoms with Crippen LogP contribution in [0.5, 0.6) is 5.75 Å². The molecule has 1 aromatic rings. The molecule has 134 valence electrons. The normalized spacial score (nSPS) is 17.1. The third kappa shape index (κ3) is 6.52. The lowest BCUT2D eigenvalue weighted by atomic mass is 10.2. The van der Waals surface area contributed by atoms with Crippen molar-refractivity contribution in [3.8, 4) is 5.75 Å². The summed E-state index contributed by atoms with van der Waals surface area (Å²) in [6, 6.07) is 7.85. The molecule has 0 bridgehead atoms. The van der Waals surface area contributed by atoms with Gasteiger partial charge in [0, 0.05) is 6.54 Å². The summed E-state index contributed by atoms with van der Waals surface area (Å²) in [7, 11) is 0. The molecule has 4 nitrogen and oxygen atoms in total. The molecular formula is C20H32N2O2. The van der Waals surface area contributed by atoms with Crippen LogP contribution in [0.2, 0.25) is 0 Å². The highest BCUT2D eigenvalue weighted by Gasteiger charge is 2.18. The molecule has 1 atom stereocenters. The Morgan fingerprint density at radius 3 is 2.67 bits per heavy atom. The Kier molecular flexibility index (Phi) is 8.10. The second kappa shape index (κ2) is 10.3. The molecule has 1 N–H and O–H groups in total. The molecule has 1 fully saturated rings. The molecule has 1 amide bonds. The summed E-state index contributed by atoms with van der Waals surface area (Å²) in [6.45, 7) is 8.23. The molecule has 0 aliphatic carbocycles. The fourth-order valence-electron chi connectivity index (χ4n) is 3.16. The maximum absolute atomic E-state index is 12.3. The van der Waals surface area contributed by atoms with Gasteiger partial charge >= 0.3 is 0 Å². The number of nitrogens with zero attached hydrogens (tertiary/aromatic N) is 1. The van der Waals surface area contributed by atoms with Crippen molar-refractivity contribution in [2.24, 2.45) is 0 Å². The number of benzene rings is 1. The minimum atomic E-state index is -0.412. The zero-order valence-electron chi connectivity index (χ0n) is 15.2. The summed E-state index contributed by atoms with van der Waals surface area (Å²) in [5.41, 5.74) is 1.14. The Morgan fingerprint density at radius 1 is 1.25 bits per heavy atom. The van der Waals surface area contributed by atoms with Crippen LogP contribution in [0.4, 0.5) is 0 Å². The van der Waals surface area contributed by atoms with E-state index in [4.69, 9.17) is 4.74 Å². The van der Waals surface area contributed by atoms with Gasteiger partial charge in [0.1, 0.15) is 5.75 Å². The van der Waals surface area contributed by atoms with Crippen molar-refractivity contribution in [1.82, 2.24) is 10.2 Å². The minimum absolute atomic E-state index is 0.00475. The predicted octanol–water partition coefficient (Wildman–Crippen LogP) is 3.53. The number of hydrogen-bond acceptors (Lipinski definition) is 3. The zero-order valence-corrected chi connectivity index (χ0v) is 15.2. The Morgan fingerprint density at radius 2 is 2.00 bits per heavy atom. The average Bonchev–Trinajstić information content (AvgIpc) is 2.85. The fraction of sp³-hybridized carbons (Fsp3) is 0.650. The van der Waals surface area contributed by atoms with Crippen molar-refractivity contribution >= 4 is 5.91 Å². The first kappa shape index (κ1) is 18.8. The summed E-state index contributed by atoms with van der Waals surface area (Å²) in [4.78, 5) is 14.8. The van der Waals surface area contributed by atoms with E-state index >= 15 is 0 Å². The molecule has 1 heterocycles. The van der Waals surface area contributed by atoms with Gasteiger partial charge in [0.2, 0.25) is 0 Å². The van der Waals surface area contributed by atoms with Crippen molar-refractivity contribution in [2.45, 2.75) is 58.5 Å². The highest BCUT2D eigenvalue weighted by molar-refractivity contribution is 5.81. The van der Waals surface area contributed by atoms with E-state index in [1.54, 1.807) is 0 Å². The monoisotopic (exact) mass is 332 g/mol. The second-order valence-corrected chi connectivity index (χ2v) is 6.73. The molecule has 1 aromatic carbocycles. The molecule has 0 saturated carbocycles. The van der Waals surface area contributed by atoms with Crippen molar-refractivity contribution in [3.63, 3.8) is 0 Å². The van der Waals surface area contributed by atoms with Gasteiger partial charge in [-0.25, -0.2) is 0 Å². The van der Waals surface area contributed by atoms with E-state index < -0.39 is 6.10 Å². The average molecular weight is 332 g/mol. The topological polar surface area (TPSA) is 41.6 Å². The summed E-state index contributed by atoms with van der Waals surface area (Å²) < 4.78 is 5.85. The maximum Gasteiger partial charge on any atom is 0.261 e. The number of aryl methyl sites for hydroxylation is 1. The van der Waals surface area contributed by atoms with E-state index in [-0.39, 0.29) is 5.91 Å². The Hall–Kier alpha value is -1.55. The van der Waals surface area contributed by atoms with Crippen LogP contribution >= 0.6 is 0 Å². The van der Waals surface area contributed by atoms with E-state index in [0.717, 1.165) is 30.8 Å². The van der Waals surface area contributed by atoms with Crippen LogP contribution in [0.3, 0.4) is 0 Å². The predicted molar refractivity (Wildman–Crippen MR) is 98.4 cm³/mol. The second-order valence-electron chi connectivity index (χ2n) is 6.73. The third-order valence-corrected chi connectivity index (χ3v) is 4.58. The van der Waals surface area contributed by atoms with E-state index in [1.807, 2.05) is 38.1 Å². The number of carbonyl (C=O) groups is 1. The Bertz CT molecular complexity index is 496. The number of amides is 1. The molecule has 1 aliphatic heterocycles. The fourth-order valence-corrected chi connectivity index (χ4v) is 3.16. The lowest BCUT2D eigenvalue weighted by Crippen LogP contribution is -2.39. The SMILES string of the molecule is CCC(Oc1cccc(C)c1)C(=O)NCCCN1CCCCCC1. The van der Waals surface area contributed by atoms with Gasteiger partial charge in [-0.05, 0) is 69.9 Å². The first-order chi connectivity index (χ1) is 11.7. The minimum Gasteiger partial charge on any atom is -0.481 e. The van der Waals surface area contributed by atoms with Crippen LogP contribution in [-0.4, -0.2) is 43.1 Å². The maximum atomic E-state index is 12.3. The summed E-state index contributed by atoms with van der Waals surface area (Å²) in [5.74, 6) is 0.761. The molecule has 4 heteroatoms. The third-order valence-electron chi connectivity index (χ3n) is 4.58. The van der Waals surface area contributed by atoms with Gasteiger partial charge in [0.25, 0.3) is 5.91 Å². The summed E-state index contributed by atoms with van der Waals surface area (Å²) in [5, 5.41) is 3.03. The molecule has 1 unspecified atom stereocenters. The van der Waals surface area contributed by atoms with E-state index in [9.17, 15) is 4.79 Å². The molecule has 0 radical (unpaired) electrons. The number of carbonyl (C=O) groups excluding carboxylic acids is 1. The van der Waals surface area contributed by atoms with Crippen LogP contribution in [-0.2, 0) is 4.79 Å². The lowest BCUT2D eigenvalue weighted by Gasteiger charge is -2.20. The lowest BCUT2D eigenvalue weighted by molar-refractivity contribution is -0.128. The van der Waals surface area contributed by atoms with Crippen molar-refractivity contribution in [2.75, 3.05) is 26.2 Å². The molecular weight excluding hydrogens is 300 g/mol. The van der Waals surface area contributed by atoms with Crippen LogP contribution in [0.25, 0.3) is 0 Å². The first-order valence-corrected chi connectivity index (χ1v) is 9.42. The van der Waals surface area contributed by atoms with Crippen molar-refractivity contribution in [3.05, 3.63) is 29.8 Å². The largest absolute Gasteiger partial charge is 0.481 e. The highest BCUT2D eigenvalue weighted by atomic mass is 16.5. The molecule has 24 heavy (non-hydrogen) atoms. The number of hydrogen-bond donors (Lipinski definition) is 1. The number of rotatable bonds is 8. The quantitative estimate of drug-likeness (QED) is 0.741.